The first-order valence-electron chi connectivity index (χ1n) is 5.18. The van der Waals surface area contributed by atoms with E-state index in [0.29, 0.717) is 15.5 Å². The predicted molar refractivity (Wildman–Crippen MR) is 78.7 cm³/mol. The van der Waals surface area contributed by atoms with Crippen LogP contribution in [0.2, 0.25) is 0 Å². The van der Waals surface area contributed by atoms with Crippen molar-refractivity contribution in [3.63, 3.8) is 0 Å². The Morgan fingerprint density at radius 2 is 2.16 bits per heavy atom. The number of sulfonamides is 1. The van der Waals surface area contributed by atoms with E-state index in [0.717, 1.165) is 0 Å². The zero-order valence-electron chi connectivity index (χ0n) is 9.96. The van der Waals surface area contributed by atoms with Crippen LogP contribution in [0, 0.1) is 0 Å². The Morgan fingerprint density at radius 3 is 2.68 bits per heavy atom. The lowest BCUT2D eigenvalue weighted by atomic mass is 10.1. The van der Waals surface area contributed by atoms with Gasteiger partial charge in [0.15, 0.2) is 0 Å². The molecule has 0 spiro atoms. The zero-order valence-corrected chi connectivity index (χ0v) is 12.9. The largest absolute Gasteiger partial charge is 0.465 e. The fourth-order valence-corrected chi connectivity index (χ4v) is 3.14. The van der Waals surface area contributed by atoms with Gasteiger partial charge in [0.2, 0.25) is 10.0 Å². The Balaban J connectivity index is 2.79. The average molecular weight is 394 g/mol. The van der Waals surface area contributed by atoms with Crippen LogP contribution in [0.15, 0.2) is 29.3 Å². The molecule has 0 radical (unpaired) electrons. The van der Waals surface area contributed by atoms with Crippen LogP contribution in [0.1, 0.15) is 10.4 Å². The number of hydrogen-bond acceptors (Lipinski definition) is 4. The van der Waals surface area contributed by atoms with E-state index in [1.54, 1.807) is 16.7 Å². The van der Waals surface area contributed by atoms with Gasteiger partial charge in [-0.25, -0.2) is 18.4 Å². The van der Waals surface area contributed by atoms with E-state index in [9.17, 15) is 13.2 Å². The number of nitrogens with zero attached hydrogens (tertiary/aromatic N) is 1. The van der Waals surface area contributed by atoms with Crippen molar-refractivity contribution in [1.82, 2.24) is 4.57 Å². The fourth-order valence-electron chi connectivity index (χ4n) is 1.83. The summed E-state index contributed by atoms with van der Waals surface area (Å²) in [7, 11) is -2.58. The zero-order chi connectivity index (χ0) is 14.2. The molecule has 0 amide bonds. The van der Waals surface area contributed by atoms with Gasteiger partial charge in [-0.1, -0.05) is 22.6 Å². The molecule has 0 unspecified atom stereocenters. The van der Waals surface area contributed by atoms with Crippen molar-refractivity contribution in [3.05, 3.63) is 30.0 Å². The number of benzene rings is 1. The first-order valence-corrected chi connectivity index (χ1v) is 8.25. The quantitative estimate of drug-likeness (QED) is 0.485. The number of ether oxygens (including phenoxy) is 1. The predicted octanol–water partition coefficient (Wildman–Crippen LogP) is 1.47. The molecule has 0 aliphatic rings. The fraction of sp³-hybridized carbons (Fsp3) is 0.182. The maximum Gasteiger partial charge on any atom is 0.337 e. The van der Waals surface area contributed by atoms with Crippen molar-refractivity contribution in [2.75, 3.05) is 7.11 Å². The Morgan fingerprint density at radius 1 is 1.47 bits per heavy atom. The molecule has 0 aliphatic carbocycles. The monoisotopic (exact) mass is 394 g/mol. The van der Waals surface area contributed by atoms with Gasteiger partial charge in [-0.15, -0.1) is 0 Å². The van der Waals surface area contributed by atoms with Crippen LogP contribution in [-0.4, -0.2) is 26.1 Å². The van der Waals surface area contributed by atoms with E-state index in [4.69, 9.17) is 5.14 Å². The van der Waals surface area contributed by atoms with Crippen LogP contribution < -0.4 is 5.14 Å². The van der Waals surface area contributed by atoms with Gasteiger partial charge in [0.1, 0.15) is 4.90 Å². The highest BCUT2D eigenvalue weighted by Gasteiger charge is 2.18. The van der Waals surface area contributed by atoms with Crippen LogP contribution in [0.4, 0.5) is 0 Å². The Hall–Kier alpha value is -1.13. The summed E-state index contributed by atoms with van der Waals surface area (Å²) in [5.74, 6) is -0.524. The summed E-state index contributed by atoms with van der Waals surface area (Å²) in [5.41, 5.74) is 0.984. The summed E-state index contributed by atoms with van der Waals surface area (Å²) in [6.45, 7) is 0. The molecule has 19 heavy (non-hydrogen) atoms. The average Bonchev–Trinajstić information content (AvgIpc) is 2.75. The van der Waals surface area contributed by atoms with Crippen LogP contribution in [0.25, 0.3) is 10.9 Å². The van der Waals surface area contributed by atoms with Crippen LogP contribution in [-0.2, 0) is 19.3 Å². The number of nitrogens with two attached hydrogens (primary N) is 1. The highest BCUT2D eigenvalue weighted by Crippen LogP contribution is 2.26. The van der Waals surface area contributed by atoms with E-state index in [2.05, 4.69) is 27.3 Å². The number of hydrogen-bond donors (Lipinski definition) is 1. The molecule has 0 saturated heterocycles. The number of halogens is 1. The van der Waals surface area contributed by atoms with Gasteiger partial charge in [-0.2, -0.15) is 0 Å². The molecule has 0 atom stereocenters. The van der Waals surface area contributed by atoms with Crippen molar-refractivity contribution in [1.29, 1.82) is 0 Å². The number of esters is 1. The lowest BCUT2D eigenvalue weighted by molar-refractivity contribution is 0.0601. The summed E-state index contributed by atoms with van der Waals surface area (Å²) in [6.07, 6.45) is 1.47. The van der Waals surface area contributed by atoms with Gasteiger partial charge >= 0.3 is 5.97 Å². The topological polar surface area (TPSA) is 91.4 Å². The van der Waals surface area contributed by atoms with E-state index in [1.165, 1.54) is 19.4 Å². The molecule has 2 N–H and O–H groups in total. The summed E-state index contributed by atoms with van der Waals surface area (Å²) < 4.78 is 30.1. The number of alkyl halides is 1. The third-order valence-electron chi connectivity index (χ3n) is 2.70. The molecule has 8 heteroatoms. The smallest absolute Gasteiger partial charge is 0.337 e. The molecule has 2 aromatic rings. The lowest BCUT2D eigenvalue weighted by Crippen LogP contribution is -2.11. The number of rotatable bonds is 3. The highest BCUT2D eigenvalue weighted by atomic mass is 127. The van der Waals surface area contributed by atoms with Gasteiger partial charge in [0.25, 0.3) is 0 Å². The van der Waals surface area contributed by atoms with Crippen molar-refractivity contribution in [3.8, 4) is 0 Å². The molecule has 1 heterocycles. The Labute approximate surface area is 123 Å². The molecule has 6 nitrogen and oxygen atoms in total. The summed E-state index contributed by atoms with van der Waals surface area (Å²) >= 11 is 2.11. The molecule has 0 bridgehead atoms. The Kier molecular flexibility index (Phi) is 3.83. The third kappa shape index (κ3) is 2.60. The number of methoxy groups -OCH3 is 1. The molecule has 2 rings (SSSR count). The van der Waals surface area contributed by atoms with Crippen molar-refractivity contribution in [2.24, 2.45) is 5.14 Å². The third-order valence-corrected chi connectivity index (χ3v) is 4.37. The Bertz CT molecular complexity index is 751. The van der Waals surface area contributed by atoms with Crippen molar-refractivity contribution in [2.45, 2.75) is 9.45 Å². The van der Waals surface area contributed by atoms with E-state index >= 15 is 0 Å². The second-order valence-corrected chi connectivity index (χ2v) is 6.06. The SMILES string of the molecule is COC(=O)c1ccc2c(c1)c(S(N)(=O)=O)cn2CI. The summed E-state index contributed by atoms with van der Waals surface area (Å²) in [6, 6.07) is 4.74. The minimum Gasteiger partial charge on any atom is -0.465 e. The number of aromatic nitrogens is 1. The second kappa shape index (κ2) is 5.10. The number of carbonyl (C=O) groups excluding carboxylic acids is 1. The molecular formula is C11H11IN2O4S. The van der Waals surface area contributed by atoms with Gasteiger partial charge < -0.3 is 9.30 Å². The van der Waals surface area contributed by atoms with Crippen LogP contribution >= 0.6 is 22.6 Å². The maximum atomic E-state index is 11.6. The summed E-state index contributed by atoms with van der Waals surface area (Å²) in [4.78, 5) is 11.5. The van der Waals surface area contributed by atoms with E-state index in [1.807, 2.05) is 0 Å². The van der Waals surface area contributed by atoms with Crippen molar-refractivity contribution >= 4 is 49.5 Å². The normalized spacial score (nSPS) is 11.7. The number of fused-ring (bicyclic) bond motifs is 1. The molecule has 0 fully saturated rings. The number of primary sulfonamides is 1. The van der Waals surface area contributed by atoms with Crippen LogP contribution in [0.5, 0.6) is 0 Å². The van der Waals surface area contributed by atoms with Gasteiger partial charge in [0.05, 0.1) is 22.7 Å². The van der Waals surface area contributed by atoms with Crippen molar-refractivity contribution < 1.29 is 17.9 Å². The maximum absolute atomic E-state index is 11.6. The highest BCUT2D eigenvalue weighted by molar-refractivity contribution is 14.1. The first kappa shape index (κ1) is 14.3. The molecule has 0 saturated carbocycles. The van der Waals surface area contributed by atoms with E-state index in [-0.39, 0.29) is 10.5 Å². The van der Waals surface area contributed by atoms with Crippen LogP contribution in [0.3, 0.4) is 0 Å². The molecular weight excluding hydrogens is 383 g/mol. The molecule has 0 aliphatic heterocycles. The summed E-state index contributed by atoms with van der Waals surface area (Å²) in [5, 5.41) is 5.61. The van der Waals surface area contributed by atoms with E-state index < -0.39 is 16.0 Å². The minimum absolute atomic E-state index is 0.00455. The molecule has 1 aromatic heterocycles. The van der Waals surface area contributed by atoms with Gasteiger partial charge in [0, 0.05) is 11.6 Å². The second-order valence-electron chi connectivity index (χ2n) is 3.85. The van der Waals surface area contributed by atoms with Gasteiger partial charge in [-0.05, 0) is 18.2 Å². The molecule has 1 aromatic carbocycles. The molecule has 102 valence electrons. The standard InChI is InChI=1S/C11H11IN2O4S/c1-18-11(15)7-2-3-9-8(4-7)10(19(13,16)17)5-14(9)6-12/h2-5H,6H2,1H3,(H2,13,16,17). The van der Waals surface area contributed by atoms with Gasteiger partial charge in [-0.3, -0.25) is 0 Å². The number of carbonyl (C=O) groups is 1. The minimum atomic E-state index is -3.84. The lowest BCUT2D eigenvalue weighted by Gasteiger charge is -2.02. The first-order chi connectivity index (χ1) is 8.88.